The van der Waals surface area contributed by atoms with E-state index < -0.39 is 5.82 Å². The highest BCUT2D eigenvalue weighted by molar-refractivity contribution is 6.32. The minimum atomic E-state index is -0.432. The number of hydrogen-bond acceptors (Lipinski definition) is 4. The van der Waals surface area contributed by atoms with Gasteiger partial charge in [-0.2, -0.15) is 4.98 Å². The van der Waals surface area contributed by atoms with E-state index in [1.54, 1.807) is 12.1 Å². The summed E-state index contributed by atoms with van der Waals surface area (Å²) in [4.78, 5) is 4.18. The van der Waals surface area contributed by atoms with E-state index in [2.05, 4.69) is 4.98 Å². The normalized spacial score (nSPS) is 10.7. The molecular formula is C15H16ClFN2O2. The van der Waals surface area contributed by atoms with E-state index in [1.165, 1.54) is 18.2 Å². The van der Waals surface area contributed by atoms with Crippen molar-refractivity contribution >= 4 is 17.3 Å². The molecule has 0 atom stereocenters. The van der Waals surface area contributed by atoms with E-state index in [9.17, 15) is 4.39 Å². The fraction of sp³-hybridized carbons (Fsp3) is 0.267. The Hall–Kier alpha value is -2.01. The molecule has 1 aromatic carbocycles. The van der Waals surface area contributed by atoms with E-state index in [0.717, 1.165) is 0 Å². The first-order chi connectivity index (χ1) is 9.95. The van der Waals surface area contributed by atoms with Crippen LogP contribution in [0.15, 0.2) is 30.3 Å². The third-order valence-electron chi connectivity index (χ3n) is 2.53. The van der Waals surface area contributed by atoms with E-state index in [0.29, 0.717) is 29.8 Å². The smallest absolute Gasteiger partial charge is 0.240 e. The molecule has 112 valence electrons. The van der Waals surface area contributed by atoms with Crippen LogP contribution in [-0.4, -0.2) is 11.6 Å². The average molecular weight is 311 g/mol. The number of hydrogen-bond donors (Lipinski definition) is 1. The van der Waals surface area contributed by atoms with Crippen molar-refractivity contribution in [2.75, 3.05) is 12.3 Å². The van der Waals surface area contributed by atoms with Crippen LogP contribution in [0.5, 0.6) is 17.5 Å². The highest BCUT2D eigenvalue weighted by atomic mass is 35.5. The second kappa shape index (κ2) is 6.63. The number of aromatic nitrogens is 1. The van der Waals surface area contributed by atoms with Crippen LogP contribution < -0.4 is 15.2 Å². The lowest BCUT2D eigenvalue weighted by Gasteiger charge is -2.12. The molecule has 0 bridgehead atoms. The van der Waals surface area contributed by atoms with Gasteiger partial charge >= 0.3 is 0 Å². The number of nitrogens with zero attached hydrogens (tertiary/aromatic N) is 1. The van der Waals surface area contributed by atoms with Crippen molar-refractivity contribution in [3.63, 3.8) is 0 Å². The Bertz CT molecular complexity index is 635. The van der Waals surface area contributed by atoms with Gasteiger partial charge in [-0.25, -0.2) is 4.39 Å². The Labute approximate surface area is 127 Å². The summed E-state index contributed by atoms with van der Waals surface area (Å²) in [6, 6.07) is 7.09. The summed E-state index contributed by atoms with van der Waals surface area (Å²) in [7, 11) is 0. The molecule has 0 spiro atoms. The predicted molar refractivity (Wildman–Crippen MR) is 80.5 cm³/mol. The van der Waals surface area contributed by atoms with Crippen LogP contribution in [-0.2, 0) is 0 Å². The predicted octanol–water partition coefficient (Wildman–Crippen LogP) is 4.28. The largest absolute Gasteiger partial charge is 0.476 e. The minimum Gasteiger partial charge on any atom is -0.476 e. The van der Waals surface area contributed by atoms with Gasteiger partial charge in [-0.3, -0.25) is 0 Å². The molecule has 0 saturated heterocycles. The van der Waals surface area contributed by atoms with Crippen LogP contribution in [0.4, 0.5) is 10.1 Å². The van der Waals surface area contributed by atoms with Crippen molar-refractivity contribution in [3.05, 3.63) is 41.2 Å². The van der Waals surface area contributed by atoms with Crippen LogP contribution in [0.3, 0.4) is 0 Å². The number of rotatable bonds is 5. The molecule has 0 amide bonds. The molecule has 0 aliphatic carbocycles. The minimum absolute atomic E-state index is 0.165. The maximum atomic E-state index is 13.0. The van der Waals surface area contributed by atoms with Gasteiger partial charge in [-0.1, -0.05) is 25.4 Å². The van der Waals surface area contributed by atoms with Gasteiger partial charge in [0, 0.05) is 6.07 Å². The quantitative estimate of drug-likeness (QED) is 0.895. The molecule has 4 nitrogen and oxygen atoms in total. The first-order valence-electron chi connectivity index (χ1n) is 6.48. The van der Waals surface area contributed by atoms with Gasteiger partial charge < -0.3 is 15.2 Å². The highest BCUT2D eigenvalue weighted by Gasteiger charge is 2.09. The molecule has 0 aliphatic heterocycles. The highest BCUT2D eigenvalue weighted by Crippen LogP contribution is 2.31. The third-order valence-corrected chi connectivity index (χ3v) is 2.82. The first-order valence-corrected chi connectivity index (χ1v) is 6.85. The van der Waals surface area contributed by atoms with Crippen LogP contribution in [0.25, 0.3) is 0 Å². The second-order valence-corrected chi connectivity index (χ2v) is 5.33. The lowest BCUT2D eigenvalue weighted by Crippen LogP contribution is -2.07. The van der Waals surface area contributed by atoms with Crippen molar-refractivity contribution in [2.45, 2.75) is 13.8 Å². The van der Waals surface area contributed by atoms with Crippen molar-refractivity contribution in [1.29, 1.82) is 0 Å². The van der Waals surface area contributed by atoms with E-state index in [4.69, 9.17) is 26.8 Å². The zero-order valence-electron chi connectivity index (χ0n) is 11.8. The standard InChI is InChI=1S/C15H16ClFN2O2/c1-9(2)8-20-15-12(18)4-6-14(19-15)21-13-5-3-10(17)7-11(13)16/h3-7,9H,8,18H2,1-2H3. The maximum absolute atomic E-state index is 13.0. The molecule has 6 heteroatoms. The van der Waals surface area contributed by atoms with Crippen molar-refractivity contribution in [1.82, 2.24) is 4.98 Å². The monoisotopic (exact) mass is 310 g/mol. The average Bonchev–Trinajstić information content (AvgIpc) is 2.42. The Morgan fingerprint density at radius 1 is 1.29 bits per heavy atom. The molecular weight excluding hydrogens is 295 g/mol. The number of halogens is 2. The molecule has 0 unspecified atom stereocenters. The van der Waals surface area contributed by atoms with E-state index in [-0.39, 0.29) is 10.9 Å². The molecule has 0 radical (unpaired) electrons. The number of benzene rings is 1. The molecule has 1 aromatic heterocycles. The van der Waals surface area contributed by atoms with Gasteiger partial charge in [-0.05, 0) is 30.2 Å². The zero-order chi connectivity index (χ0) is 15.4. The first kappa shape index (κ1) is 15.4. The summed E-state index contributed by atoms with van der Waals surface area (Å²) in [5, 5.41) is 0.165. The molecule has 2 rings (SSSR count). The summed E-state index contributed by atoms with van der Waals surface area (Å²) >= 11 is 5.90. The molecule has 0 aliphatic rings. The summed E-state index contributed by atoms with van der Waals surface area (Å²) in [6.45, 7) is 4.54. The lowest BCUT2D eigenvalue weighted by atomic mass is 10.2. The number of pyridine rings is 1. The summed E-state index contributed by atoms with van der Waals surface area (Å²) in [6.07, 6.45) is 0. The second-order valence-electron chi connectivity index (χ2n) is 4.93. The zero-order valence-corrected chi connectivity index (χ0v) is 12.5. The molecule has 2 aromatic rings. The van der Waals surface area contributed by atoms with Crippen LogP contribution >= 0.6 is 11.6 Å². The molecule has 2 N–H and O–H groups in total. The van der Waals surface area contributed by atoms with Crippen LogP contribution in [0.2, 0.25) is 5.02 Å². The molecule has 21 heavy (non-hydrogen) atoms. The third kappa shape index (κ3) is 4.23. The van der Waals surface area contributed by atoms with Crippen LogP contribution in [0, 0.1) is 11.7 Å². The summed E-state index contributed by atoms with van der Waals surface area (Å²) < 4.78 is 24.0. The molecule has 1 heterocycles. The number of nitrogens with two attached hydrogens (primary N) is 1. The Balaban J connectivity index is 2.18. The topological polar surface area (TPSA) is 57.4 Å². The van der Waals surface area contributed by atoms with Crippen molar-refractivity contribution in [3.8, 4) is 17.5 Å². The number of nitrogen functional groups attached to an aromatic ring is 1. The Morgan fingerprint density at radius 2 is 2.05 bits per heavy atom. The van der Waals surface area contributed by atoms with E-state index >= 15 is 0 Å². The van der Waals surface area contributed by atoms with Crippen molar-refractivity contribution < 1.29 is 13.9 Å². The van der Waals surface area contributed by atoms with Crippen LogP contribution in [0.1, 0.15) is 13.8 Å². The van der Waals surface area contributed by atoms with Gasteiger partial charge in [0.05, 0.1) is 17.3 Å². The summed E-state index contributed by atoms with van der Waals surface area (Å²) in [5.74, 6) is 0.807. The van der Waals surface area contributed by atoms with E-state index in [1.807, 2.05) is 13.8 Å². The molecule has 0 fully saturated rings. The van der Waals surface area contributed by atoms with Gasteiger partial charge in [0.25, 0.3) is 0 Å². The summed E-state index contributed by atoms with van der Waals surface area (Å²) in [5.41, 5.74) is 6.22. The Kier molecular flexibility index (Phi) is 4.85. The molecule has 0 saturated carbocycles. The number of anilines is 1. The van der Waals surface area contributed by atoms with Gasteiger partial charge in [-0.15, -0.1) is 0 Å². The fourth-order valence-electron chi connectivity index (χ4n) is 1.52. The van der Waals surface area contributed by atoms with Gasteiger partial charge in [0.15, 0.2) is 0 Å². The number of ether oxygens (including phenoxy) is 2. The maximum Gasteiger partial charge on any atom is 0.240 e. The fourth-order valence-corrected chi connectivity index (χ4v) is 1.73. The lowest BCUT2D eigenvalue weighted by molar-refractivity contribution is 0.260. The SMILES string of the molecule is CC(C)COc1nc(Oc2ccc(F)cc2Cl)ccc1N. The van der Waals surface area contributed by atoms with Gasteiger partial charge in [0.1, 0.15) is 11.6 Å². The van der Waals surface area contributed by atoms with Gasteiger partial charge in [0.2, 0.25) is 11.8 Å². The van der Waals surface area contributed by atoms with Crippen molar-refractivity contribution in [2.24, 2.45) is 5.92 Å². The Morgan fingerprint density at radius 3 is 2.71 bits per heavy atom.